The largest absolute Gasteiger partial charge is 0.362 e. The Hall–Kier alpha value is -1.22. The Labute approximate surface area is 149 Å². The second-order valence-corrected chi connectivity index (χ2v) is 9.48. The Bertz CT molecular complexity index is 766. The summed E-state index contributed by atoms with van der Waals surface area (Å²) in [5.74, 6) is 0. The van der Waals surface area contributed by atoms with Gasteiger partial charge in [-0.1, -0.05) is 30.3 Å². The molecule has 0 heterocycles. The molecule has 136 valence electrons. The molecule has 1 unspecified atom stereocenters. The third-order valence-electron chi connectivity index (χ3n) is 3.50. The summed E-state index contributed by atoms with van der Waals surface area (Å²) in [7, 11) is -7.04. The predicted molar refractivity (Wildman–Crippen MR) is 102 cm³/mol. The van der Waals surface area contributed by atoms with Gasteiger partial charge in [-0.3, -0.25) is 9.13 Å². The Morgan fingerprint density at radius 1 is 0.680 bits per heavy atom. The van der Waals surface area contributed by atoms with Gasteiger partial charge in [0.15, 0.2) is 0 Å². The summed E-state index contributed by atoms with van der Waals surface area (Å²) in [6.45, 7) is 5.96. The van der Waals surface area contributed by atoms with E-state index in [9.17, 15) is 9.13 Å². The minimum absolute atomic E-state index is 0.218. The SMILES string of the molecule is CCOP(=O)(OCC)c1ccccc1P(=O)(OCC)c1ccccc1. The van der Waals surface area contributed by atoms with Crippen molar-refractivity contribution in [2.45, 2.75) is 20.8 Å². The summed E-state index contributed by atoms with van der Waals surface area (Å²) >= 11 is 0. The second kappa shape index (κ2) is 8.93. The van der Waals surface area contributed by atoms with Crippen LogP contribution in [0.2, 0.25) is 0 Å². The monoisotopic (exact) mass is 382 g/mol. The molecule has 2 rings (SSSR count). The summed E-state index contributed by atoms with van der Waals surface area (Å²) < 4.78 is 43.8. The molecule has 0 aliphatic carbocycles. The van der Waals surface area contributed by atoms with Gasteiger partial charge in [-0.05, 0) is 45.0 Å². The lowest BCUT2D eigenvalue weighted by Crippen LogP contribution is -2.31. The molecule has 25 heavy (non-hydrogen) atoms. The predicted octanol–water partition coefficient (Wildman–Crippen LogP) is 3.84. The Balaban J connectivity index is 2.69. The van der Waals surface area contributed by atoms with E-state index in [1.807, 2.05) is 6.07 Å². The highest BCUT2D eigenvalue weighted by Gasteiger charge is 2.38. The van der Waals surface area contributed by atoms with Gasteiger partial charge >= 0.3 is 7.60 Å². The molecule has 0 amide bonds. The van der Waals surface area contributed by atoms with Crippen molar-refractivity contribution in [2.24, 2.45) is 0 Å². The van der Waals surface area contributed by atoms with Crippen molar-refractivity contribution in [1.29, 1.82) is 0 Å². The molecule has 2 aromatic carbocycles. The van der Waals surface area contributed by atoms with Crippen LogP contribution in [0.5, 0.6) is 0 Å². The van der Waals surface area contributed by atoms with Gasteiger partial charge < -0.3 is 13.6 Å². The minimum Gasteiger partial charge on any atom is -0.322 e. The van der Waals surface area contributed by atoms with E-state index in [1.165, 1.54) is 0 Å². The van der Waals surface area contributed by atoms with Crippen LogP contribution in [0.25, 0.3) is 0 Å². The summed E-state index contributed by atoms with van der Waals surface area (Å²) in [6, 6.07) is 15.7. The first kappa shape index (κ1) is 20.1. The highest BCUT2D eigenvalue weighted by atomic mass is 31.2. The summed E-state index contributed by atoms with van der Waals surface area (Å²) in [4.78, 5) is 0. The van der Waals surface area contributed by atoms with E-state index in [0.717, 1.165) is 0 Å². The van der Waals surface area contributed by atoms with Gasteiger partial charge in [0.05, 0.1) is 30.4 Å². The quantitative estimate of drug-likeness (QED) is 0.617. The van der Waals surface area contributed by atoms with Gasteiger partial charge in [0.2, 0.25) is 0 Å². The second-order valence-electron chi connectivity index (χ2n) is 5.13. The van der Waals surface area contributed by atoms with Gasteiger partial charge in [-0.25, -0.2) is 0 Å². The van der Waals surface area contributed by atoms with Crippen molar-refractivity contribution in [3.63, 3.8) is 0 Å². The van der Waals surface area contributed by atoms with Crippen LogP contribution in [-0.4, -0.2) is 19.8 Å². The highest BCUT2D eigenvalue weighted by molar-refractivity contribution is 7.77. The van der Waals surface area contributed by atoms with Crippen molar-refractivity contribution >= 4 is 30.9 Å². The number of rotatable bonds is 9. The molecule has 0 aromatic heterocycles. The molecule has 0 aliphatic heterocycles. The molecule has 0 N–H and O–H groups in total. The van der Waals surface area contributed by atoms with E-state index < -0.39 is 15.0 Å². The molecule has 0 aliphatic rings. The molecule has 2 aromatic rings. The van der Waals surface area contributed by atoms with Crippen molar-refractivity contribution in [3.05, 3.63) is 54.6 Å². The van der Waals surface area contributed by atoms with Crippen LogP contribution in [0.15, 0.2) is 54.6 Å². The van der Waals surface area contributed by atoms with Gasteiger partial charge in [-0.15, -0.1) is 0 Å². The fraction of sp³-hybridized carbons (Fsp3) is 0.333. The molecule has 1 atom stereocenters. The topological polar surface area (TPSA) is 61.8 Å². The number of benzene rings is 2. The Morgan fingerprint density at radius 2 is 1.16 bits per heavy atom. The first-order valence-corrected chi connectivity index (χ1v) is 11.5. The molecule has 0 saturated heterocycles. The highest BCUT2D eigenvalue weighted by Crippen LogP contribution is 2.51. The average Bonchev–Trinajstić information content (AvgIpc) is 2.63. The molecule has 0 saturated carbocycles. The van der Waals surface area contributed by atoms with Crippen LogP contribution in [0.4, 0.5) is 0 Å². The summed E-state index contributed by atoms with van der Waals surface area (Å²) in [5.41, 5.74) is 0. The molecule has 0 spiro atoms. The van der Waals surface area contributed by atoms with Crippen molar-refractivity contribution in [2.75, 3.05) is 19.8 Å². The summed E-state index contributed by atoms with van der Waals surface area (Å²) in [5, 5.41) is 1.19. The lowest BCUT2D eigenvalue weighted by Gasteiger charge is -2.25. The maximum Gasteiger partial charge on any atom is 0.362 e. The van der Waals surface area contributed by atoms with E-state index in [0.29, 0.717) is 15.9 Å². The van der Waals surface area contributed by atoms with Crippen LogP contribution in [0, 0.1) is 0 Å². The first-order valence-electron chi connectivity index (χ1n) is 8.31. The van der Waals surface area contributed by atoms with Crippen molar-refractivity contribution in [1.82, 2.24) is 0 Å². The molecule has 0 bridgehead atoms. The Morgan fingerprint density at radius 3 is 1.68 bits per heavy atom. The normalized spacial score (nSPS) is 14.2. The zero-order valence-electron chi connectivity index (χ0n) is 14.8. The fourth-order valence-electron chi connectivity index (χ4n) is 2.55. The van der Waals surface area contributed by atoms with E-state index in [-0.39, 0.29) is 19.8 Å². The van der Waals surface area contributed by atoms with Gasteiger partial charge in [0.25, 0.3) is 7.37 Å². The molecule has 0 fully saturated rings. The molecular weight excluding hydrogens is 358 g/mol. The van der Waals surface area contributed by atoms with Gasteiger partial charge in [-0.2, -0.15) is 0 Å². The maximum absolute atomic E-state index is 13.8. The average molecular weight is 382 g/mol. The minimum atomic E-state index is -3.60. The van der Waals surface area contributed by atoms with Crippen LogP contribution >= 0.6 is 15.0 Å². The van der Waals surface area contributed by atoms with Crippen LogP contribution in [0.1, 0.15) is 20.8 Å². The van der Waals surface area contributed by atoms with Crippen LogP contribution in [0.3, 0.4) is 0 Å². The van der Waals surface area contributed by atoms with E-state index in [1.54, 1.807) is 69.3 Å². The van der Waals surface area contributed by atoms with E-state index in [4.69, 9.17) is 13.6 Å². The van der Waals surface area contributed by atoms with Crippen LogP contribution in [-0.2, 0) is 22.7 Å². The molecule has 5 nitrogen and oxygen atoms in total. The summed E-state index contributed by atoms with van der Waals surface area (Å²) in [6.07, 6.45) is 0. The van der Waals surface area contributed by atoms with Gasteiger partial charge in [0.1, 0.15) is 0 Å². The Kier molecular flexibility index (Phi) is 7.18. The lowest BCUT2D eigenvalue weighted by atomic mass is 10.4. The van der Waals surface area contributed by atoms with E-state index >= 15 is 0 Å². The third-order valence-corrected chi connectivity index (χ3v) is 8.48. The van der Waals surface area contributed by atoms with Crippen molar-refractivity contribution in [3.8, 4) is 0 Å². The van der Waals surface area contributed by atoms with Crippen LogP contribution < -0.4 is 15.9 Å². The van der Waals surface area contributed by atoms with Gasteiger partial charge in [0, 0.05) is 5.30 Å². The zero-order valence-corrected chi connectivity index (χ0v) is 16.5. The zero-order chi connectivity index (χ0) is 18.3. The standard InChI is InChI=1S/C18H24O5P2/c1-4-21-24(19,16-12-8-7-9-13-16)17-14-10-11-15-18(17)25(20,22-5-2)23-6-3/h7-15H,4-6H2,1-3H3. The van der Waals surface area contributed by atoms with E-state index in [2.05, 4.69) is 0 Å². The van der Waals surface area contributed by atoms with Crippen molar-refractivity contribution < 1.29 is 22.7 Å². The smallest absolute Gasteiger partial charge is 0.322 e. The molecular formula is C18H24O5P2. The number of hydrogen-bond donors (Lipinski definition) is 0. The fourth-order valence-corrected chi connectivity index (χ4v) is 7.12. The first-order chi connectivity index (χ1) is 12.0. The third kappa shape index (κ3) is 4.31. The molecule has 0 radical (unpaired) electrons. The lowest BCUT2D eigenvalue weighted by molar-refractivity contribution is 0.230. The maximum atomic E-state index is 13.8. The molecule has 7 heteroatoms. The number of hydrogen-bond acceptors (Lipinski definition) is 5.